The molecule has 1 amide bonds. The topological polar surface area (TPSA) is 92.8 Å². The molecule has 0 spiro atoms. The zero-order chi connectivity index (χ0) is 13.0. The van der Waals surface area contributed by atoms with Crippen molar-refractivity contribution in [3.8, 4) is 5.75 Å². The molecule has 17 heavy (non-hydrogen) atoms. The third-order valence-electron chi connectivity index (χ3n) is 2.29. The molecular formula is C11H14ClNO4. The Hall–Kier alpha value is -1.30. The highest BCUT2D eigenvalue weighted by molar-refractivity contribution is 6.30. The summed E-state index contributed by atoms with van der Waals surface area (Å²) in [4.78, 5) is 10.7. The number of aliphatic hydroxyl groups is 2. The molecule has 0 saturated carbocycles. The summed E-state index contributed by atoms with van der Waals surface area (Å²) in [7, 11) is 1.43. The van der Waals surface area contributed by atoms with Crippen molar-refractivity contribution >= 4 is 17.5 Å². The van der Waals surface area contributed by atoms with Crippen molar-refractivity contribution in [2.75, 3.05) is 7.11 Å². The number of carbonyl (C=O) groups is 1. The second-order valence-electron chi connectivity index (χ2n) is 3.57. The van der Waals surface area contributed by atoms with E-state index in [0.29, 0.717) is 16.3 Å². The predicted octanol–water partition coefficient (Wildman–Crippen LogP) is 0.618. The van der Waals surface area contributed by atoms with Gasteiger partial charge in [-0.15, -0.1) is 0 Å². The number of methoxy groups -OCH3 is 1. The number of hydrogen-bond acceptors (Lipinski definition) is 4. The van der Waals surface area contributed by atoms with Gasteiger partial charge in [-0.3, -0.25) is 4.79 Å². The third kappa shape index (κ3) is 3.59. The first-order valence-electron chi connectivity index (χ1n) is 4.93. The van der Waals surface area contributed by atoms with Gasteiger partial charge in [-0.2, -0.15) is 0 Å². The molecule has 0 aromatic heterocycles. The van der Waals surface area contributed by atoms with Crippen LogP contribution in [0.2, 0.25) is 5.02 Å². The lowest BCUT2D eigenvalue weighted by Gasteiger charge is -2.19. The number of primary amides is 1. The molecule has 0 heterocycles. The number of ether oxygens (including phenoxy) is 1. The van der Waals surface area contributed by atoms with Crippen molar-refractivity contribution in [3.05, 3.63) is 28.8 Å². The zero-order valence-electron chi connectivity index (χ0n) is 9.26. The first kappa shape index (κ1) is 13.8. The molecule has 1 rings (SSSR count). The number of nitrogens with two attached hydrogens (primary N) is 1. The number of carbonyl (C=O) groups excluding carboxylic acids is 1. The monoisotopic (exact) mass is 259 g/mol. The number of aliphatic hydroxyl groups excluding tert-OH is 2. The number of rotatable bonds is 5. The SMILES string of the molecule is COc1ccc(Cl)cc1C(O)C(O)CC(N)=O. The molecule has 0 saturated heterocycles. The molecule has 4 N–H and O–H groups in total. The molecule has 0 radical (unpaired) electrons. The summed E-state index contributed by atoms with van der Waals surface area (Å²) in [6, 6.07) is 4.63. The first-order valence-corrected chi connectivity index (χ1v) is 5.31. The highest BCUT2D eigenvalue weighted by Gasteiger charge is 2.23. The molecule has 0 fully saturated rings. The van der Waals surface area contributed by atoms with Crippen molar-refractivity contribution in [2.45, 2.75) is 18.6 Å². The van der Waals surface area contributed by atoms with Gasteiger partial charge in [0.05, 0.1) is 19.6 Å². The lowest BCUT2D eigenvalue weighted by atomic mass is 10.0. The minimum atomic E-state index is -1.29. The van der Waals surface area contributed by atoms with Crippen molar-refractivity contribution in [1.82, 2.24) is 0 Å². The Morgan fingerprint density at radius 1 is 1.53 bits per heavy atom. The Morgan fingerprint density at radius 2 is 2.18 bits per heavy atom. The average molecular weight is 260 g/mol. The Kier molecular flexibility index (Phi) is 4.74. The van der Waals surface area contributed by atoms with Crippen LogP contribution >= 0.6 is 11.6 Å². The van der Waals surface area contributed by atoms with Crippen LogP contribution in [-0.2, 0) is 4.79 Å². The van der Waals surface area contributed by atoms with Crippen LogP contribution in [0.15, 0.2) is 18.2 Å². The number of hydrogen-bond donors (Lipinski definition) is 3. The van der Waals surface area contributed by atoms with Crippen LogP contribution in [0.5, 0.6) is 5.75 Å². The van der Waals surface area contributed by atoms with E-state index >= 15 is 0 Å². The molecule has 2 unspecified atom stereocenters. The third-order valence-corrected chi connectivity index (χ3v) is 2.52. The highest BCUT2D eigenvalue weighted by atomic mass is 35.5. The number of amides is 1. The maximum absolute atomic E-state index is 10.7. The molecule has 6 heteroatoms. The van der Waals surface area contributed by atoms with E-state index in [1.165, 1.54) is 13.2 Å². The highest BCUT2D eigenvalue weighted by Crippen LogP contribution is 2.30. The Morgan fingerprint density at radius 3 is 2.71 bits per heavy atom. The largest absolute Gasteiger partial charge is 0.496 e. The van der Waals surface area contributed by atoms with Crippen LogP contribution in [-0.4, -0.2) is 29.3 Å². The summed E-state index contributed by atoms with van der Waals surface area (Å²) < 4.78 is 5.03. The van der Waals surface area contributed by atoms with Crippen molar-refractivity contribution in [2.24, 2.45) is 5.73 Å². The smallest absolute Gasteiger partial charge is 0.220 e. The molecule has 2 atom stereocenters. The zero-order valence-corrected chi connectivity index (χ0v) is 10.0. The van der Waals surface area contributed by atoms with Gasteiger partial charge in [-0.25, -0.2) is 0 Å². The van der Waals surface area contributed by atoms with Gasteiger partial charge < -0.3 is 20.7 Å². The summed E-state index contributed by atoms with van der Waals surface area (Å²) in [6.07, 6.45) is -2.91. The minimum absolute atomic E-state index is 0.314. The molecule has 0 aliphatic carbocycles. The van der Waals surface area contributed by atoms with Gasteiger partial charge >= 0.3 is 0 Å². The Labute approximate surface area is 104 Å². The van der Waals surface area contributed by atoms with Crippen molar-refractivity contribution in [1.29, 1.82) is 0 Å². The predicted molar refractivity (Wildman–Crippen MR) is 62.8 cm³/mol. The maximum atomic E-state index is 10.7. The van der Waals surface area contributed by atoms with Crippen LogP contribution in [0.25, 0.3) is 0 Å². The van der Waals surface area contributed by atoms with E-state index < -0.39 is 18.1 Å². The normalized spacial score (nSPS) is 14.1. The summed E-state index contributed by atoms with van der Waals surface area (Å²) in [5.74, 6) is -0.317. The second kappa shape index (κ2) is 5.86. The van der Waals surface area contributed by atoms with Gasteiger partial charge in [-0.1, -0.05) is 11.6 Å². The number of benzene rings is 1. The van der Waals surface area contributed by atoms with Crippen LogP contribution in [0.4, 0.5) is 0 Å². The summed E-state index contributed by atoms with van der Waals surface area (Å²) in [5.41, 5.74) is 5.26. The van der Waals surface area contributed by atoms with E-state index in [1.54, 1.807) is 12.1 Å². The quantitative estimate of drug-likeness (QED) is 0.723. The lowest BCUT2D eigenvalue weighted by molar-refractivity contribution is -0.121. The second-order valence-corrected chi connectivity index (χ2v) is 4.01. The van der Waals surface area contributed by atoms with Crippen LogP contribution in [0.3, 0.4) is 0 Å². The Bertz CT molecular complexity index is 410. The van der Waals surface area contributed by atoms with E-state index in [1.807, 2.05) is 0 Å². The van der Waals surface area contributed by atoms with Gasteiger partial charge in [0.25, 0.3) is 0 Å². The standard InChI is InChI=1S/C11H14ClNO4/c1-17-9-3-2-6(12)4-7(9)11(16)8(14)5-10(13)15/h2-4,8,11,14,16H,5H2,1H3,(H2,13,15). The van der Waals surface area contributed by atoms with Crippen molar-refractivity contribution in [3.63, 3.8) is 0 Å². The fourth-order valence-corrected chi connectivity index (χ4v) is 1.64. The maximum Gasteiger partial charge on any atom is 0.220 e. The van der Waals surface area contributed by atoms with Gasteiger partial charge in [0, 0.05) is 10.6 Å². The summed E-state index contributed by atoms with van der Waals surface area (Å²) >= 11 is 5.79. The van der Waals surface area contributed by atoms with E-state index in [9.17, 15) is 15.0 Å². The molecule has 5 nitrogen and oxygen atoms in total. The number of halogens is 1. The fraction of sp³-hybridized carbons (Fsp3) is 0.364. The lowest BCUT2D eigenvalue weighted by Crippen LogP contribution is -2.25. The van der Waals surface area contributed by atoms with Crippen LogP contribution < -0.4 is 10.5 Å². The molecule has 1 aromatic rings. The Balaban J connectivity index is 2.97. The average Bonchev–Trinajstić information content (AvgIpc) is 2.27. The van der Waals surface area contributed by atoms with E-state index in [4.69, 9.17) is 22.1 Å². The summed E-state index contributed by atoms with van der Waals surface area (Å²) in [5, 5.41) is 19.9. The van der Waals surface area contributed by atoms with E-state index in [0.717, 1.165) is 0 Å². The molecule has 0 bridgehead atoms. The van der Waals surface area contributed by atoms with Crippen molar-refractivity contribution < 1.29 is 19.7 Å². The van der Waals surface area contributed by atoms with Gasteiger partial charge in [-0.05, 0) is 18.2 Å². The fourth-order valence-electron chi connectivity index (χ4n) is 1.46. The van der Waals surface area contributed by atoms with E-state index in [2.05, 4.69) is 0 Å². The minimum Gasteiger partial charge on any atom is -0.496 e. The molecule has 1 aromatic carbocycles. The molecule has 0 aliphatic heterocycles. The van der Waals surface area contributed by atoms with Gasteiger partial charge in [0.1, 0.15) is 11.9 Å². The van der Waals surface area contributed by atoms with Crippen LogP contribution in [0.1, 0.15) is 18.1 Å². The molecule has 0 aliphatic rings. The van der Waals surface area contributed by atoms with E-state index in [-0.39, 0.29) is 6.42 Å². The molecule has 94 valence electrons. The first-order chi connectivity index (χ1) is 7.95. The van der Waals surface area contributed by atoms with Gasteiger partial charge in [0.15, 0.2) is 0 Å². The molecular weight excluding hydrogens is 246 g/mol. The summed E-state index contributed by atoms with van der Waals surface area (Å²) in [6.45, 7) is 0. The van der Waals surface area contributed by atoms with Gasteiger partial charge in [0.2, 0.25) is 5.91 Å². The van der Waals surface area contributed by atoms with Crippen LogP contribution in [0, 0.1) is 0 Å².